The molecule has 4 heterocycles. The molecule has 4 rings (SSSR count). The van der Waals surface area contributed by atoms with E-state index in [-0.39, 0.29) is 30.1 Å². The second-order valence-corrected chi connectivity index (χ2v) is 8.08. The smallest absolute Gasteiger partial charge is 0.355 e. The lowest BCUT2D eigenvalue weighted by molar-refractivity contribution is -0.137. The Hall–Kier alpha value is -2.65. The average Bonchev–Trinajstić information content (AvgIpc) is 3.19. The molecular weight excluding hydrogens is 397 g/mol. The standard InChI is InChI=1S/C20H25F3N6O/c1-27-13-25-26-17(27)14-5-3-10-29(11-14)19(30)15-6-4-9-28(12-15)18-16(20(21,22)23)7-2-8-24-18/h2,7-8,13-15H,3-6,9-12H2,1H3/t14-,15-/m0/s1. The quantitative estimate of drug-likeness (QED) is 0.761. The first-order chi connectivity index (χ1) is 14.3. The average molecular weight is 422 g/mol. The predicted octanol–water partition coefficient (Wildman–Crippen LogP) is 2.85. The van der Waals surface area contributed by atoms with Gasteiger partial charge in [0.2, 0.25) is 5.91 Å². The number of aryl methyl sites for hydroxylation is 1. The van der Waals surface area contributed by atoms with Crippen molar-refractivity contribution in [2.75, 3.05) is 31.1 Å². The van der Waals surface area contributed by atoms with E-state index in [1.54, 1.807) is 11.2 Å². The van der Waals surface area contributed by atoms with Gasteiger partial charge in [0.25, 0.3) is 0 Å². The van der Waals surface area contributed by atoms with Crippen molar-refractivity contribution in [2.24, 2.45) is 13.0 Å². The molecule has 2 fully saturated rings. The van der Waals surface area contributed by atoms with Crippen molar-refractivity contribution in [3.05, 3.63) is 36.0 Å². The fraction of sp³-hybridized carbons (Fsp3) is 0.600. The van der Waals surface area contributed by atoms with E-state index in [2.05, 4.69) is 15.2 Å². The molecule has 10 heteroatoms. The largest absolute Gasteiger partial charge is 0.419 e. The highest BCUT2D eigenvalue weighted by atomic mass is 19.4. The summed E-state index contributed by atoms with van der Waals surface area (Å²) < 4.78 is 42.1. The minimum Gasteiger partial charge on any atom is -0.355 e. The van der Waals surface area contributed by atoms with Crippen LogP contribution in [0, 0.1) is 5.92 Å². The molecule has 2 saturated heterocycles. The lowest BCUT2D eigenvalue weighted by Gasteiger charge is -2.38. The Morgan fingerprint density at radius 3 is 2.70 bits per heavy atom. The number of halogens is 3. The summed E-state index contributed by atoms with van der Waals surface area (Å²) in [5.74, 6) is 0.581. The topological polar surface area (TPSA) is 67.2 Å². The summed E-state index contributed by atoms with van der Waals surface area (Å²) in [6.07, 6.45) is 1.69. The molecule has 2 aromatic heterocycles. The third-order valence-corrected chi connectivity index (χ3v) is 6.01. The predicted molar refractivity (Wildman–Crippen MR) is 104 cm³/mol. The first-order valence-electron chi connectivity index (χ1n) is 10.2. The number of nitrogens with zero attached hydrogens (tertiary/aromatic N) is 6. The lowest BCUT2D eigenvalue weighted by Crippen LogP contribution is -2.48. The van der Waals surface area contributed by atoms with Gasteiger partial charge in [-0.3, -0.25) is 4.79 Å². The molecular formula is C20H25F3N6O. The minimum atomic E-state index is -4.48. The first-order valence-corrected chi connectivity index (χ1v) is 10.2. The molecule has 2 aromatic rings. The number of amides is 1. The van der Waals surface area contributed by atoms with Crippen LogP contribution in [0.4, 0.5) is 19.0 Å². The third-order valence-electron chi connectivity index (χ3n) is 6.01. The van der Waals surface area contributed by atoms with Crippen molar-refractivity contribution >= 4 is 11.7 Å². The van der Waals surface area contributed by atoms with Crippen LogP contribution >= 0.6 is 0 Å². The van der Waals surface area contributed by atoms with E-state index in [9.17, 15) is 18.0 Å². The highest BCUT2D eigenvalue weighted by Crippen LogP contribution is 2.37. The Balaban J connectivity index is 1.47. The molecule has 0 radical (unpaired) electrons. The third kappa shape index (κ3) is 4.13. The molecule has 0 aromatic carbocycles. The van der Waals surface area contributed by atoms with E-state index < -0.39 is 11.7 Å². The molecule has 1 amide bonds. The lowest BCUT2D eigenvalue weighted by atomic mass is 9.92. The Labute approximate surface area is 172 Å². The SMILES string of the molecule is Cn1cnnc1[C@H]1CCCN(C(=O)[C@H]2CCCN(c3ncccc3C(F)(F)F)C2)C1. The highest BCUT2D eigenvalue weighted by molar-refractivity contribution is 5.80. The molecule has 0 spiro atoms. The normalized spacial score (nSPS) is 22.9. The van der Waals surface area contributed by atoms with Crippen molar-refractivity contribution in [3.8, 4) is 0 Å². The van der Waals surface area contributed by atoms with Crippen molar-refractivity contribution < 1.29 is 18.0 Å². The van der Waals surface area contributed by atoms with Crippen LogP contribution in [-0.4, -0.2) is 56.7 Å². The fourth-order valence-corrected chi connectivity index (χ4v) is 4.55. The summed E-state index contributed by atoms with van der Waals surface area (Å²) in [6, 6.07) is 2.34. The second-order valence-electron chi connectivity index (χ2n) is 8.08. The summed E-state index contributed by atoms with van der Waals surface area (Å²) >= 11 is 0. The number of piperidine rings is 2. The van der Waals surface area contributed by atoms with Gasteiger partial charge in [0, 0.05) is 45.3 Å². The van der Waals surface area contributed by atoms with E-state index in [1.165, 1.54) is 12.3 Å². The van der Waals surface area contributed by atoms with Gasteiger partial charge in [-0.1, -0.05) is 0 Å². The number of carbonyl (C=O) groups is 1. The van der Waals surface area contributed by atoms with Crippen LogP contribution in [0.2, 0.25) is 0 Å². The summed E-state index contributed by atoms with van der Waals surface area (Å²) in [7, 11) is 1.89. The molecule has 0 unspecified atom stereocenters. The van der Waals surface area contributed by atoms with Gasteiger partial charge in [-0.15, -0.1) is 10.2 Å². The van der Waals surface area contributed by atoms with Gasteiger partial charge >= 0.3 is 6.18 Å². The Kier molecular flexibility index (Phi) is 5.66. The van der Waals surface area contributed by atoms with Crippen LogP contribution in [0.3, 0.4) is 0 Å². The number of alkyl halides is 3. The zero-order chi connectivity index (χ0) is 21.3. The van der Waals surface area contributed by atoms with E-state index in [1.807, 2.05) is 16.5 Å². The zero-order valence-corrected chi connectivity index (χ0v) is 16.8. The molecule has 2 atom stereocenters. The fourth-order valence-electron chi connectivity index (χ4n) is 4.55. The summed E-state index contributed by atoms with van der Waals surface area (Å²) in [5.41, 5.74) is -0.751. The molecule has 2 aliphatic rings. The maximum Gasteiger partial charge on any atom is 0.419 e. The van der Waals surface area contributed by atoms with Gasteiger partial charge in [0.1, 0.15) is 18.0 Å². The number of carbonyl (C=O) groups excluding carboxylic acids is 1. The maximum atomic E-state index is 13.4. The number of pyridine rings is 1. The van der Waals surface area contributed by atoms with Gasteiger partial charge in [-0.25, -0.2) is 4.98 Å². The number of aromatic nitrogens is 4. The Morgan fingerprint density at radius 1 is 1.17 bits per heavy atom. The second kappa shape index (κ2) is 8.23. The van der Waals surface area contributed by atoms with Crippen LogP contribution in [0.25, 0.3) is 0 Å². The molecule has 0 aliphatic carbocycles. The van der Waals surface area contributed by atoms with Gasteiger partial charge < -0.3 is 14.4 Å². The zero-order valence-electron chi connectivity index (χ0n) is 16.8. The molecule has 7 nitrogen and oxygen atoms in total. The molecule has 30 heavy (non-hydrogen) atoms. The highest BCUT2D eigenvalue weighted by Gasteiger charge is 2.38. The van der Waals surface area contributed by atoms with E-state index >= 15 is 0 Å². The van der Waals surface area contributed by atoms with E-state index in [0.717, 1.165) is 24.7 Å². The number of likely N-dealkylation sites (tertiary alicyclic amines) is 1. The van der Waals surface area contributed by atoms with Crippen LogP contribution in [0.5, 0.6) is 0 Å². The van der Waals surface area contributed by atoms with Gasteiger partial charge in [-0.2, -0.15) is 13.2 Å². The van der Waals surface area contributed by atoms with E-state index in [4.69, 9.17) is 0 Å². The number of rotatable bonds is 3. The first kappa shape index (κ1) is 20.6. The van der Waals surface area contributed by atoms with E-state index in [0.29, 0.717) is 32.5 Å². The summed E-state index contributed by atoms with van der Waals surface area (Å²) in [4.78, 5) is 20.7. The molecule has 0 saturated carbocycles. The summed E-state index contributed by atoms with van der Waals surface area (Å²) in [6.45, 7) is 1.95. The van der Waals surface area contributed by atoms with Crippen molar-refractivity contribution in [2.45, 2.75) is 37.8 Å². The van der Waals surface area contributed by atoms with Gasteiger partial charge in [0.15, 0.2) is 0 Å². The van der Waals surface area contributed by atoms with Crippen molar-refractivity contribution in [1.82, 2.24) is 24.6 Å². The van der Waals surface area contributed by atoms with Crippen molar-refractivity contribution in [3.63, 3.8) is 0 Å². The Morgan fingerprint density at radius 2 is 1.97 bits per heavy atom. The van der Waals surface area contributed by atoms with Crippen LogP contribution in [0.1, 0.15) is 43.0 Å². The summed E-state index contributed by atoms with van der Waals surface area (Å²) in [5, 5.41) is 8.11. The van der Waals surface area contributed by atoms with Crippen LogP contribution in [-0.2, 0) is 18.0 Å². The minimum absolute atomic E-state index is 0.0102. The Bertz CT molecular complexity index is 899. The maximum absolute atomic E-state index is 13.4. The monoisotopic (exact) mass is 422 g/mol. The van der Waals surface area contributed by atoms with Gasteiger partial charge in [-0.05, 0) is 37.8 Å². The van der Waals surface area contributed by atoms with Crippen LogP contribution in [0.15, 0.2) is 24.7 Å². The number of hydrogen-bond acceptors (Lipinski definition) is 5. The molecule has 162 valence electrons. The molecule has 0 N–H and O–H groups in total. The molecule has 2 aliphatic heterocycles. The van der Waals surface area contributed by atoms with Gasteiger partial charge in [0.05, 0.1) is 11.5 Å². The number of hydrogen-bond donors (Lipinski definition) is 0. The molecule has 0 bridgehead atoms. The van der Waals surface area contributed by atoms with Crippen molar-refractivity contribution in [1.29, 1.82) is 0 Å². The van der Waals surface area contributed by atoms with Crippen LogP contribution < -0.4 is 4.90 Å². The number of anilines is 1.